The van der Waals surface area contributed by atoms with Gasteiger partial charge in [0.15, 0.2) is 0 Å². The molecule has 0 aliphatic carbocycles. The fraction of sp³-hybridized carbons (Fsp3) is 0.533. The van der Waals surface area contributed by atoms with Gasteiger partial charge in [-0.05, 0) is 50.8 Å². The number of rotatable bonds is 3. The lowest BCUT2D eigenvalue weighted by atomic mass is 10.1. The number of nitrogens with zero attached hydrogens (tertiary/aromatic N) is 1. The quantitative estimate of drug-likeness (QED) is 0.921. The van der Waals surface area contributed by atoms with Gasteiger partial charge in [0.1, 0.15) is 6.04 Å². The predicted molar refractivity (Wildman–Crippen MR) is 82.4 cm³/mol. The highest BCUT2D eigenvalue weighted by Crippen LogP contribution is 2.24. The van der Waals surface area contributed by atoms with E-state index in [4.69, 9.17) is 0 Å². The zero-order chi connectivity index (χ0) is 13.8. The highest BCUT2D eigenvalue weighted by atomic mass is 79.9. The lowest BCUT2D eigenvalue weighted by Gasteiger charge is -2.30. The molecule has 1 amide bonds. The number of piperidine rings is 1. The SMILES string of the molecule is Cc1c(Br)cccc1NC(C)C(=O)N1CCCCC1. The van der Waals surface area contributed by atoms with E-state index < -0.39 is 0 Å². The van der Waals surface area contributed by atoms with Gasteiger partial charge in [0.25, 0.3) is 0 Å². The summed E-state index contributed by atoms with van der Waals surface area (Å²) in [5.41, 5.74) is 2.16. The molecule has 1 atom stereocenters. The van der Waals surface area contributed by atoms with Crippen molar-refractivity contribution in [2.75, 3.05) is 18.4 Å². The van der Waals surface area contributed by atoms with Crippen LogP contribution in [0.25, 0.3) is 0 Å². The summed E-state index contributed by atoms with van der Waals surface area (Å²) in [5.74, 6) is 0.207. The first kappa shape index (κ1) is 14.4. The Morgan fingerprint density at radius 2 is 2.00 bits per heavy atom. The molecule has 2 rings (SSSR count). The van der Waals surface area contributed by atoms with E-state index >= 15 is 0 Å². The summed E-state index contributed by atoms with van der Waals surface area (Å²) in [7, 11) is 0. The molecule has 4 heteroatoms. The van der Waals surface area contributed by atoms with Gasteiger partial charge in [-0.15, -0.1) is 0 Å². The molecule has 3 nitrogen and oxygen atoms in total. The van der Waals surface area contributed by atoms with Gasteiger partial charge in [-0.3, -0.25) is 4.79 Å². The third kappa shape index (κ3) is 3.50. The maximum atomic E-state index is 12.4. The number of carbonyl (C=O) groups is 1. The number of likely N-dealkylation sites (tertiary alicyclic amines) is 1. The molecule has 0 saturated carbocycles. The number of halogens is 1. The van der Waals surface area contributed by atoms with Crippen LogP contribution in [0.1, 0.15) is 31.7 Å². The molecule has 1 aromatic rings. The molecule has 0 aromatic heterocycles. The molecule has 1 aliphatic heterocycles. The van der Waals surface area contributed by atoms with Gasteiger partial charge in [0, 0.05) is 23.2 Å². The molecule has 1 N–H and O–H groups in total. The zero-order valence-corrected chi connectivity index (χ0v) is 13.2. The average Bonchev–Trinajstić information content (AvgIpc) is 2.44. The molecule has 0 spiro atoms. The summed E-state index contributed by atoms with van der Waals surface area (Å²) in [6.45, 7) is 5.80. The Morgan fingerprint density at radius 3 is 2.68 bits per heavy atom. The lowest BCUT2D eigenvalue weighted by molar-refractivity contribution is -0.132. The van der Waals surface area contributed by atoms with Gasteiger partial charge in [-0.2, -0.15) is 0 Å². The van der Waals surface area contributed by atoms with E-state index in [1.165, 1.54) is 6.42 Å². The van der Waals surface area contributed by atoms with Crippen molar-refractivity contribution in [1.82, 2.24) is 4.90 Å². The number of anilines is 1. The van der Waals surface area contributed by atoms with Crippen LogP contribution in [-0.4, -0.2) is 29.9 Å². The topological polar surface area (TPSA) is 32.3 Å². The minimum atomic E-state index is -0.175. The van der Waals surface area contributed by atoms with Gasteiger partial charge >= 0.3 is 0 Å². The van der Waals surface area contributed by atoms with Crippen LogP contribution >= 0.6 is 15.9 Å². The molecule has 0 bridgehead atoms. The summed E-state index contributed by atoms with van der Waals surface area (Å²) >= 11 is 3.51. The van der Waals surface area contributed by atoms with Crippen LogP contribution < -0.4 is 5.32 Å². The van der Waals surface area contributed by atoms with Gasteiger partial charge in [0.05, 0.1) is 0 Å². The minimum Gasteiger partial charge on any atom is -0.374 e. The van der Waals surface area contributed by atoms with Crippen LogP contribution in [0.2, 0.25) is 0 Å². The van der Waals surface area contributed by atoms with Crippen LogP contribution in [0.5, 0.6) is 0 Å². The first-order valence-electron chi connectivity index (χ1n) is 6.90. The maximum Gasteiger partial charge on any atom is 0.244 e. The summed E-state index contributed by atoms with van der Waals surface area (Å²) in [6, 6.07) is 5.83. The van der Waals surface area contributed by atoms with E-state index in [0.717, 1.165) is 41.7 Å². The average molecular weight is 325 g/mol. The predicted octanol–water partition coefficient (Wildman–Crippen LogP) is 3.57. The van der Waals surface area contributed by atoms with E-state index in [9.17, 15) is 4.79 Å². The molecule has 1 fully saturated rings. The summed E-state index contributed by atoms with van der Waals surface area (Å²) in [6.07, 6.45) is 3.51. The Labute approximate surface area is 123 Å². The first-order valence-corrected chi connectivity index (χ1v) is 7.69. The van der Waals surface area contributed by atoms with Crippen molar-refractivity contribution >= 4 is 27.5 Å². The molecular formula is C15H21BrN2O. The Bertz CT molecular complexity index is 455. The molecule has 104 valence electrons. The molecule has 1 unspecified atom stereocenters. The molecular weight excluding hydrogens is 304 g/mol. The number of hydrogen-bond donors (Lipinski definition) is 1. The lowest BCUT2D eigenvalue weighted by Crippen LogP contribution is -2.43. The number of nitrogens with one attached hydrogen (secondary N) is 1. The number of hydrogen-bond acceptors (Lipinski definition) is 2. The molecule has 1 saturated heterocycles. The Kier molecular flexibility index (Phi) is 4.86. The smallest absolute Gasteiger partial charge is 0.244 e. The van der Waals surface area contributed by atoms with Crippen molar-refractivity contribution < 1.29 is 4.79 Å². The molecule has 0 radical (unpaired) electrons. The number of benzene rings is 1. The van der Waals surface area contributed by atoms with E-state index in [1.807, 2.05) is 36.9 Å². The first-order chi connectivity index (χ1) is 9.09. The second-order valence-electron chi connectivity index (χ2n) is 5.16. The van der Waals surface area contributed by atoms with Crippen LogP contribution in [0.4, 0.5) is 5.69 Å². The van der Waals surface area contributed by atoms with Crippen molar-refractivity contribution in [2.24, 2.45) is 0 Å². The Balaban J connectivity index is 2.01. The van der Waals surface area contributed by atoms with E-state index in [-0.39, 0.29) is 11.9 Å². The largest absolute Gasteiger partial charge is 0.374 e. The van der Waals surface area contributed by atoms with Crippen LogP contribution in [0.3, 0.4) is 0 Å². The Hall–Kier alpha value is -1.03. The fourth-order valence-electron chi connectivity index (χ4n) is 2.45. The second kappa shape index (κ2) is 6.42. The molecule has 1 heterocycles. The maximum absolute atomic E-state index is 12.4. The second-order valence-corrected chi connectivity index (χ2v) is 6.02. The molecule has 1 aliphatic rings. The van der Waals surface area contributed by atoms with E-state index in [0.29, 0.717) is 0 Å². The summed E-state index contributed by atoms with van der Waals surface area (Å²) in [5, 5.41) is 3.33. The van der Waals surface area contributed by atoms with Crippen molar-refractivity contribution in [3.63, 3.8) is 0 Å². The fourth-order valence-corrected chi connectivity index (χ4v) is 2.81. The van der Waals surface area contributed by atoms with Gasteiger partial charge in [-0.1, -0.05) is 22.0 Å². The molecule has 19 heavy (non-hydrogen) atoms. The van der Waals surface area contributed by atoms with Gasteiger partial charge in [-0.25, -0.2) is 0 Å². The monoisotopic (exact) mass is 324 g/mol. The standard InChI is InChI=1S/C15H21BrN2O/c1-11-13(16)7-6-8-14(11)17-12(2)15(19)18-9-4-3-5-10-18/h6-8,12,17H,3-5,9-10H2,1-2H3. The molecule has 1 aromatic carbocycles. The van der Waals surface area contributed by atoms with Crippen molar-refractivity contribution in [2.45, 2.75) is 39.2 Å². The normalized spacial score (nSPS) is 17.1. The van der Waals surface area contributed by atoms with Gasteiger partial charge in [0.2, 0.25) is 5.91 Å². The highest BCUT2D eigenvalue weighted by molar-refractivity contribution is 9.10. The van der Waals surface area contributed by atoms with Crippen LogP contribution in [0.15, 0.2) is 22.7 Å². The van der Waals surface area contributed by atoms with Crippen molar-refractivity contribution in [1.29, 1.82) is 0 Å². The van der Waals surface area contributed by atoms with Crippen LogP contribution in [-0.2, 0) is 4.79 Å². The van der Waals surface area contributed by atoms with Gasteiger partial charge < -0.3 is 10.2 Å². The third-order valence-electron chi connectivity index (χ3n) is 3.68. The van der Waals surface area contributed by atoms with Crippen molar-refractivity contribution in [3.8, 4) is 0 Å². The van der Waals surface area contributed by atoms with Crippen molar-refractivity contribution in [3.05, 3.63) is 28.2 Å². The number of amides is 1. The highest BCUT2D eigenvalue weighted by Gasteiger charge is 2.22. The Morgan fingerprint density at radius 1 is 1.32 bits per heavy atom. The summed E-state index contributed by atoms with van der Waals surface area (Å²) < 4.78 is 1.06. The summed E-state index contributed by atoms with van der Waals surface area (Å²) in [4.78, 5) is 14.3. The van der Waals surface area contributed by atoms with E-state index in [1.54, 1.807) is 0 Å². The van der Waals surface area contributed by atoms with E-state index in [2.05, 4.69) is 21.2 Å². The third-order valence-corrected chi connectivity index (χ3v) is 4.54. The van der Waals surface area contributed by atoms with Crippen LogP contribution in [0, 0.1) is 6.92 Å². The minimum absolute atomic E-state index is 0.175. The number of carbonyl (C=O) groups excluding carboxylic acids is 1. The zero-order valence-electron chi connectivity index (χ0n) is 11.6.